The van der Waals surface area contributed by atoms with Gasteiger partial charge in [-0.25, -0.2) is 0 Å². The number of aromatic hydroxyl groups is 1. The summed E-state index contributed by atoms with van der Waals surface area (Å²) in [4.78, 5) is 0. The molecule has 25 heavy (non-hydrogen) atoms. The van der Waals surface area contributed by atoms with Gasteiger partial charge in [-0.15, -0.1) is 0 Å². The monoisotopic (exact) mass is 326 g/mol. The van der Waals surface area contributed by atoms with Gasteiger partial charge in [0.2, 0.25) is 0 Å². The number of fused-ring (bicyclic) bond motifs is 1. The third-order valence-electron chi connectivity index (χ3n) is 4.64. The van der Waals surface area contributed by atoms with E-state index in [4.69, 9.17) is 0 Å². The van der Waals surface area contributed by atoms with Crippen LogP contribution in [0.15, 0.2) is 97.1 Å². The van der Waals surface area contributed by atoms with Gasteiger partial charge in [0.05, 0.1) is 0 Å². The van der Waals surface area contributed by atoms with Crippen molar-refractivity contribution in [2.24, 2.45) is 0 Å². The first-order valence-electron chi connectivity index (χ1n) is 8.25. The van der Waals surface area contributed by atoms with Crippen molar-refractivity contribution in [1.82, 2.24) is 0 Å². The SMILES string of the molecule is Oc1cc2ccccc2cc1C(O)(c1ccccc1)c1ccccc1. The van der Waals surface area contributed by atoms with Crippen LogP contribution in [0, 0.1) is 0 Å². The molecule has 0 aliphatic rings. The number of benzene rings is 4. The minimum atomic E-state index is -1.43. The van der Waals surface area contributed by atoms with Gasteiger partial charge < -0.3 is 10.2 Å². The van der Waals surface area contributed by atoms with Gasteiger partial charge in [0.15, 0.2) is 0 Å². The molecule has 4 aromatic carbocycles. The lowest BCUT2D eigenvalue weighted by molar-refractivity contribution is 0.122. The third-order valence-corrected chi connectivity index (χ3v) is 4.64. The van der Waals surface area contributed by atoms with Crippen LogP contribution in [0.3, 0.4) is 0 Å². The second kappa shape index (κ2) is 6.08. The van der Waals surface area contributed by atoms with E-state index < -0.39 is 5.60 Å². The fraction of sp³-hybridized carbons (Fsp3) is 0.0435. The number of aliphatic hydroxyl groups is 1. The fourth-order valence-corrected chi connectivity index (χ4v) is 3.35. The second-order valence-electron chi connectivity index (χ2n) is 6.16. The summed E-state index contributed by atoms with van der Waals surface area (Å²) in [5.74, 6) is 0.0777. The zero-order valence-electron chi connectivity index (χ0n) is 13.6. The predicted octanol–water partition coefficient (Wildman–Crippen LogP) is 4.83. The van der Waals surface area contributed by atoms with Crippen LogP contribution in [0.2, 0.25) is 0 Å². The van der Waals surface area contributed by atoms with Crippen molar-refractivity contribution in [3.05, 3.63) is 114 Å². The lowest BCUT2D eigenvalue weighted by Gasteiger charge is -2.31. The maximum Gasteiger partial charge on any atom is 0.144 e. The number of phenols is 1. The molecule has 0 aliphatic carbocycles. The molecule has 2 heteroatoms. The molecule has 0 bridgehead atoms. The highest BCUT2D eigenvalue weighted by Gasteiger charge is 2.36. The Bertz CT molecular complexity index is 968. The van der Waals surface area contributed by atoms with E-state index in [1.54, 1.807) is 6.07 Å². The lowest BCUT2D eigenvalue weighted by atomic mass is 9.79. The summed E-state index contributed by atoms with van der Waals surface area (Å²) in [6.45, 7) is 0. The van der Waals surface area contributed by atoms with E-state index in [1.165, 1.54) is 0 Å². The summed E-state index contributed by atoms with van der Waals surface area (Å²) in [5.41, 5.74) is 0.471. The number of rotatable bonds is 3. The smallest absolute Gasteiger partial charge is 0.144 e. The fourth-order valence-electron chi connectivity index (χ4n) is 3.35. The standard InChI is InChI=1S/C23H18O2/c24-22-16-18-10-8-7-9-17(18)15-21(22)23(25,19-11-3-1-4-12-19)20-13-5-2-6-14-20/h1-16,24-25H. The summed E-state index contributed by atoms with van der Waals surface area (Å²) < 4.78 is 0. The largest absolute Gasteiger partial charge is 0.508 e. The third kappa shape index (κ3) is 2.57. The Morgan fingerprint density at radius 1 is 0.560 bits per heavy atom. The van der Waals surface area contributed by atoms with Crippen LogP contribution in [0.5, 0.6) is 5.75 Å². The molecule has 2 nitrogen and oxygen atoms in total. The molecule has 0 saturated heterocycles. The van der Waals surface area contributed by atoms with Crippen LogP contribution in [0.25, 0.3) is 10.8 Å². The summed E-state index contributed by atoms with van der Waals surface area (Å²) in [7, 11) is 0. The lowest BCUT2D eigenvalue weighted by Crippen LogP contribution is -2.28. The summed E-state index contributed by atoms with van der Waals surface area (Å²) >= 11 is 0. The van der Waals surface area contributed by atoms with Gasteiger partial charge in [-0.2, -0.15) is 0 Å². The van der Waals surface area contributed by atoms with Crippen LogP contribution >= 0.6 is 0 Å². The first kappa shape index (κ1) is 15.4. The van der Waals surface area contributed by atoms with Gasteiger partial charge in [0, 0.05) is 5.56 Å². The Balaban J connectivity index is 2.04. The predicted molar refractivity (Wildman–Crippen MR) is 101 cm³/mol. The van der Waals surface area contributed by atoms with E-state index in [0.717, 1.165) is 10.8 Å². The molecule has 0 aromatic heterocycles. The molecule has 0 unspecified atom stereocenters. The highest BCUT2D eigenvalue weighted by Crippen LogP contribution is 2.42. The maximum absolute atomic E-state index is 11.8. The molecule has 0 fully saturated rings. The first-order valence-corrected chi connectivity index (χ1v) is 8.25. The molecule has 122 valence electrons. The maximum atomic E-state index is 11.8. The van der Waals surface area contributed by atoms with Crippen molar-refractivity contribution in [1.29, 1.82) is 0 Å². The zero-order chi connectivity index (χ0) is 17.3. The minimum Gasteiger partial charge on any atom is -0.508 e. The first-order chi connectivity index (χ1) is 12.2. The Labute approximate surface area is 146 Å². The molecule has 4 rings (SSSR count). The van der Waals surface area contributed by atoms with Crippen molar-refractivity contribution in [2.75, 3.05) is 0 Å². The average Bonchev–Trinajstić information content (AvgIpc) is 2.68. The van der Waals surface area contributed by atoms with E-state index in [0.29, 0.717) is 16.7 Å². The zero-order valence-corrected chi connectivity index (χ0v) is 13.6. The molecule has 0 radical (unpaired) electrons. The van der Waals surface area contributed by atoms with Crippen molar-refractivity contribution < 1.29 is 10.2 Å². The highest BCUT2D eigenvalue weighted by atomic mass is 16.3. The van der Waals surface area contributed by atoms with E-state index >= 15 is 0 Å². The summed E-state index contributed by atoms with van der Waals surface area (Å²) in [5, 5.41) is 24.4. The van der Waals surface area contributed by atoms with Gasteiger partial charge in [-0.05, 0) is 34.0 Å². The summed E-state index contributed by atoms with van der Waals surface area (Å²) in [6, 6.07) is 30.3. The molecule has 0 spiro atoms. The highest BCUT2D eigenvalue weighted by molar-refractivity contribution is 5.85. The Hall–Kier alpha value is -3.10. The van der Waals surface area contributed by atoms with E-state index in [2.05, 4.69) is 0 Å². The van der Waals surface area contributed by atoms with E-state index in [9.17, 15) is 10.2 Å². The van der Waals surface area contributed by atoms with Crippen molar-refractivity contribution in [3.63, 3.8) is 0 Å². The van der Waals surface area contributed by atoms with Gasteiger partial charge in [-0.1, -0.05) is 84.9 Å². The molecule has 2 N–H and O–H groups in total. The van der Waals surface area contributed by atoms with E-state index in [-0.39, 0.29) is 5.75 Å². The van der Waals surface area contributed by atoms with Crippen LogP contribution in [0.4, 0.5) is 0 Å². The molecule has 0 saturated carbocycles. The van der Waals surface area contributed by atoms with E-state index in [1.807, 2.05) is 91.0 Å². The molecule has 4 aromatic rings. The number of phenolic OH excluding ortho intramolecular Hbond substituents is 1. The normalized spacial score (nSPS) is 11.6. The number of hydrogen-bond acceptors (Lipinski definition) is 2. The van der Waals surface area contributed by atoms with Crippen LogP contribution < -0.4 is 0 Å². The molecular weight excluding hydrogens is 308 g/mol. The van der Waals surface area contributed by atoms with Gasteiger partial charge in [0.1, 0.15) is 11.4 Å². The number of hydrogen-bond donors (Lipinski definition) is 2. The Morgan fingerprint density at radius 3 is 1.52 bits per heavy atom. The van der Waals surface area contributed by atoms with Gasteiger partial charge in [0.25, 0.3) is 0 Å². The van der Waals surface area contributed by atoms with Gasteiger partial charge in [-0.3, -0.25) is 0 Å². The van der Waals surface area contributed by atoms with Crippen LogP contribution in [0.1, 0.15) is 16.7 Å². The quantitative estimate of drug-likeness (QED) is 0.529. The van der Waals surface area contributed by atoms with Crippen molar-refractivity contribution in [2.45, 2.75) is 5.60 Å². The molecule has 0 heterocycles. The summed E-state index contributed by atoms with van der Waals surface area (Å²) in [6.07, 6.45) is 0. The topological polar surface area (TPSA) is 40.5 Å². The minimum absolute atomic E-state index is 0.0777. The van der Waals surface area contributed by atoms with Crippen LogP contribution in [-0.2, 0) is 5.60 Å². The van der Waals surface area contributed by atoms with Crippen LogP contribution in [-0.4, -0.2) is 10.2 Å². The molecule has 0 atom stereocenters. The average molecular weight is 326 g/mol. The molecule has 0 amide bonds. The van der Waals surface area contributed by atoms with Gasteiger partial charge >= 0.3 is 0 Å². The Morgan fingerprint density at radius 2 is 1.00 bits per heavy atom. The van der Waals surface area contributed by atoms with Crippen molar-refractivity contribution in [3.8, 4) is 5.75 Å². The molecular formula is C23H18O2. The van der Waals surface area contributed by atoms with Crippen molar-refractivity contribution >= 4 is 10.8 Å². The second-order valence-corrected chi connectivity index (χ2v) is 6.16. The Kier molecular flexibility index (Phi) is 3.75. The molecule has 0 aliphatic heterocycles.